The molecule has 0 spiro atoms. The van der Waals surface area contributed by atoms with Gasteiger partial charge in [0.1, 0.15) is 14.8 Å². The number of carbonyl (C=O) groups is 1. The Kier molecular flexibility index (Phi) is 6.49. The zero-order chi connectivity index (χ0) is 20.5. The van der Waals surface area contributed by atoms with E-state index in [2.05, 4.69) is 9.71 Å². The van der Waals surface area contributed by atoms with E-state index >= 15 is 0 Å². The molecule has 2 rings (SSSR count). The van der Waals surface area contributed by atoms with Crippen LogP contribution in [0.3, 0.4) is 0 Å². The highest BCUT2D eigenvalue weighted by Gasteiger charge is 2.26. The van der Waals surface area contributed by atoms with Crippen molar-refractivity contribution in [3.8, 4) is 10.7 Å². The highest BCUT2D eigenvalue weighted by Crippen LogP contribution is 2.32. The van der Waals surface area contributed by atoms with E-state index in [0.717, 1.165) is 0 Å². The second-order valence-corrected chi connectivity index (χ2v) is 9.41. The number of hydrogen-bond donors (Lipinski definition) is 1. The Balaban J connectivity index is 2.51. The lowest BCUT2D eigenvalue weighted by Gasteiger charge is -2.17. The molecule has 0 aliphatic carbocycles. The summed E-state index contributed by atoms with van der Waals surface area (Å²) in [5.41, 5.74) is 1.97. The van der Waals surface area contributed by atoms with Crippen molar-refractivity contribution in [3.05, 3.63) is 22.3 Å². The quantitative estimate of drug-likeness (QED) is 0.758. The Labute approximate surface area is 165 Å². The number of aromatic nitrogens is 2. The van der Waals surface area contributed by atoms with Crippen molar-refractivity contribution >= 4 is 27.3 Å². The van der Waals surface area contributed by atoms with Gasteiger partial charge in [-0.1, -0.05) is 0 Å². The molecule has 0 saturated carbocycles. The predicted octanol–water partition coefficient (Wildman–Crippen LogP) is 2.93. The molecule has 0 fully saturated rings. The maximum absolute atomic E-state index is 12.7. The lowest BCUT2D eigenvalue weighted by atomic mass is 10.3. The van der Waals surface area contributed by atoms with Crippen LogP contribution in [0.4, 0.5) is 0 Å². The molecule has 0 saturated heterocycles. The summed E-state index contributed by atoms with van der Waals surface area (Å²) in [6.07, 6.45) is 0. The third-order valence-electron chi connectivity index (χ3n) is 4.43. The fraction of sp³-hybridized carbons (Fsp3) is 0.556. The molecule has 7 nitrogen and oxygen atoms in total. The molecule has 0 atom stereocenters. The van der Waals surface area contributed by atoms with Gasteiger partial charge >= 0.3 is 0 Å². The van der Waals surface area contributed by atoms with Crippen LogP contribution in [-0.4, -0.2) is 47.9 Å². The summed E-state index contributed by atoms with van der Waals surface area (Å²) < 4.78 is 29.6. The molecular formula is C18H28N4O3S2. The van der Waals surface area contributed by atoms with E-state index in [0.29, 0.717) is 40.1 Å². The van der Waals surface area contributed by atoms with E-state index in [-0.39, 0.29) is 16.8 Å². The number of carbonyl (C=O) groups excluding carboxylic acids is 1. The van der Waals surface area contributed by atoms with Crippen LogP contribution in [0.2, 0.25) is 0 Å². The minimum Gasteiger partial charge on any atom is -0.345 e. The molecule has 1 N–H and O–H groups in total. The molecule has 0 aliphatic rings. The van der Waals surface area contributed by atoms with Crippen LogP contribution in [0.5, 0.6) is 0 Å². The van der Waals surface area contributed by atoms with Crippen molar-refractivity contribution in [2.75, 3.05) is 13.1 Å². The fourth-order valence-corrected chi connectivity index (χ4v) is 5.51. The SMILES string of the molecule is CCN(CC)C(=O)c1sc(-c2cc(S(=O)(=O)NC(C)C)c(C)n2C)nc1C. The molecule has 27 heavy (non-hydrogen) atoms. The van der Waals surface area contributed by atoms with Gasteiger partial charge in [0.25, 0.3) is 5.91 Å². The highest BCUT2D eigenvalue weighted by atomic mass is 32.2. The van der Waals surface area contributed by atoms with Gasteiger partial charge in [-0.3, -0.25) is 4.79 Å². The van der Waals surface area contributed by atoms with E-state index in [1.807, 2.05) is 27.8 Å². The molecule has 0 unspecified atom stereocenters. The Bertz CT molecular complexity index is 938. The van der Waals surface area contributed by atoms with Gasteiger partial charge in [0.15, 0.2) is 0 Å². The monoisotopic (exact) mass is 412 g/mol. The standard InChI is InChI=1S/C18H28N4O3S2/c1-8-22(9-2)18(23)16-12(5)19-17(26-16)14-10-15(13(6)21(14)7)27(24,25)20-11(3)4/h10-11,20H,8-9H2,1-7H3. The summed E-state index contributed by atoms with van der Waals surface area (Å²) >= 11 is 1.30. The maximum atomic E-state index is 12.7. The molecule has 9 heteroatoms. The van der Waals surface area contributed by atoms with Crippen molar-refractivity contribution in [3.63, 3.8) is 0 Å². The Hall–Kier alpha value is -1.71. The van der Waals surface area contributed by atoms with Crippen LogP contribution in [-0.2, 0) is 17.1 Å². The first-order chi connectivity index (χ1) is 12.5. The molecule has 0 radical (unpaired) electrons. The van der Waals surface area contributed by atoms with Gasteiger partial charge in [0, 0.05) is 31.9 Å². The van der Waals surface area contributed by atoms with Gasteiger partial charge in [-0.15, -0.1) is 11.3 Å². The van der Waals surface area contributed by atoms with Crippen LogP contribution in [0, 0.1) is 13.8 Å². The summed E-state index contributed by atoms with van der Waals surface area (Å²) in [6.45, 7) is 12.3. The molecule has 2 aromatic rings. The third kappa shape index (κ3) is 4.25. The summed E-state index contributed by atoms with van der Waals surface area (Å²) in [5.74, 6) is -0.0403. The number of nitrogens with zero attached hydrogens (tertiary/aromatic N) is 3. The molecule has 1 amide bonds. The molecular weight excluding hydrogens is 384 g/mol. The Morgan fingerprint density at radius 1 is 1.30 bits per heavy atom. The summed E-state index contributed by atoms with van der Waals surface area (Å²) in [7, 11) is -1.80. The topological polar surface area (TPSA) is 84.3 Å². The number of thiazole rings is 1. The predicted molar refractivity (Wildman–Crippen MR) is 109 cm³/mol. The lowest BCUT2D eigenvalue weighted by Crippen LogP contribution is -2.30. The molecule has 0 aromatic carbocycles. The normalized spacial score (nSPS) is 12.0. The van der Waals surface area contributed by atoms with Gasteiger partial charge in [-0.2, -0.15) is 0 Å². The summed E-state index contributed by atoms with van der Waals surface area (Å²) in [5, 5.41) is 0.639. The minimum atomic E-state index is -3.61. The Morgan fingerprint density at radius 2 is 1.89 bits per heavy atom. The average molecular weight is 413 g/mol. The zero-order valence-corrected chi connectivity index (χ0v) is 18.6. The number of aryl methyl sites for hydroxylation is 1. The molecule has 150 valence electrons. The number of sulfonamides is 1. The molecule has 2 aromatic heterocycles. The summed E-state index contributed by atoms with van der Waals surface area (Å²) in [4.78, 5) is 19.8. The van der Waals surface area contributed by atoms with Gasteiger partial charge < -0.3 is 9.47 Å². The van der Waals surface area contributed by atoms with Crippen molar-refractivity contribution in [1.82, 2.24) is 19.2 Å². The Morgan fingerprint density at radius 3 is 2.41 bits per heavy atom. The number of rotatable bonds is 7. The third-order valence-corrected chi connectivity index (χ3v) is 7.37. The number of hydrogen-bond acceptors (Lipinski definition) is 5. The minimum absolute atomic E-state index is 0.0403. The molecule has 0 aliphatic heterocycles. The van der Waals surface area contributed by atoms with E-state index in [1.54, 1.807) is 36.3 Å². The van der Waals surface area contributed by atoms with Crippen LogP contribution in [0.1, 0.15) is 48.8 Å². The fourth-order valence-electron chi connectivity index (χ4n) is 2.88. The van der Waals surface area contributed by atoms with Crippen LogP contribution < -0.4 is 4.72 Å². The second-order valence-electron chi connectivity index (χ2n) is 6.73. The van der Waals surface area contributed by atoms with E-state index < -0.39 is 10.0 Å². The first-order valence-electron chi connectivity index (χ1n) is 8.99. The van der Waals surface area contributed by atoms with Gasteiger partial charge in [0.05, 0.1) is 11.4 Å². The van der Waals surface area contributed by atoms with Crippen LogP contribution in [0.15, 0.2) is 11.0 Å². The van der Waals surface area contributed by atoms with Gasteiger partial charge in [0.2, 0.25) is 10.0 Å². The maximum Gasteiger partial charge on any atom is 0.265 e. The van der Waals surface area contributed by atoms with E-state index in [4.69, 9.17) is 0 Å². The summed E-state index contributed by atoms with van der Waals surface area (Å²) in [6, 6.07) is 1.43. The first-order valence-corrected chi connectivity index (χ1v) is 11.3. The van der Waals surface area contributed by atoms with Crippen molar-refractivity contribution < 1.29 is 13.2 Å². The highest BCUT2D eigenvalue weighted by molar-refractivity contribution is 7.89. The largest absolute Gasteiger partial charge is 0.345 e. The van der Waals surface area contributed by atoms with Crippen molar-refractivity contribution in [2.45, 2.75) is 52.5 Å². The second kappa shape index (κ2) is 8.12. The number of nitrogens with one attached hydrogen (secondary N) is 1. The smallest absolute Gasteiger partial charge is 0.265 e. The zero-order valence-electron chi connectivity index (χ0n) is 17.0. The first kappa shape index (κ1) is 21.6. The molecule has 2 heterocycles. The van der Waals surface area contributed by atoms with Crippen molar-refractivity contribution in [2.24, 2.45) is 7.05 Å². The van der Waals surface area contributed by atoms with Crippen LogP contribution in [0.25, 0.3) is 10.7 Å². The van der Waals surface area contributed by atoms with Crippen molar-refractivity contribution in [1.29, 1.82) is 0 Å². The van der Waals surface area contributed by atoms with Gasteiger partial charge in [-0.05, 0) is 47.6 Å². The van der Waals surface area contributed by atoms with Gasteiger partial charge in [-0.25, -0.2) is 18.1 Å². The number of amides is 1. The molecule has 0 bridgehead atoms. The van der Waals surface area contributed by atoms with E-state index in [1.165, 1.54) is 11.3 Å². The van der Waals surface area contributed by atoms with E-state index in [9.17, 15) is 13.2 Å². The van der Waals surface area contributed by atoms with Crippen LogP contribution >= 0.6 is 11.3 Å². The average Bonchev–Trinajstić information content (AvgIpc) is 3.09. The lowest BCUT2D eigenvalue weighted by molar-refractivity contribution is 0.0777.